The van der Waals surface area contributed by atoms with Crippen molar-refractivity contribution in [3.8, 4) is 6.07 Å². The Balaban J connectivity index is 0.00000400. The van der Waals surface area contributed by atoms with Crippen molar-refractivity contribution in [1.82, 2.24) is 15.2 Å². The number of piperidine rings is 3. The van der Waals surface area contributed by atoms with Crippen LogP contribution in [0, 0.1) is 28.6 Å². The third-order valence-corrected chi connectivity index (χ3v) is 9.90. The molecule has 1 aromatic heterocycles. The van der Waals surface area contributed by atoms with E-state index in [9.17, 15) is 22.8 Å². The van der Waals surface area contributed by atoms with Crippen LogP contribution >= 0.6 is 12.4 Å². The zero-order chi connectivity index (χ0) is 30.9. The molecule has 0 unspecified atom stereocenters. The van der Waals surface area contributed by atoms with Crippen molar-refractivity contribution in [2.45, 2.75) is 44.7 Å². The normalized spacial score (nSPS) is 20.6. The monoisotopic (exact) mass is 645 g/mol. The van der Waals surface area contributed by atoms with Crippen molar-refractivity contribution in [2.75, 3.05) is 67.5 Å². The van der Waals surface area contributed by atoms with Crippen LogP contribution in [0.4, 0.5) is 30.4 Å². The van der Waals surface area contributed by atoms with E-state index in [4.69, 9.17) is 5.26 Å². The second kappa shape index (κ2) is 13.4. The van der Waals surface area contributed by atoms with Gasteiger partial charge in [0.05, 0.1) is 29.1 Å². The lowest BCUT2D eigenvalue weighted by molar-refractivity contribution is -0.150. The maximum atomic E-state index is 13.4. The molecule has 45 heavy (non-hydrogen) atoms. The summed E-state index contributed by atoms with van der Waals surface area (Å²) in [6, 6.07) is 9.14. The van der Waals surface area contributed by atoms with E-state index in [1.54, 1.807) is 12.3 Å². The van der Waals surface area contributed by atoms with Crippen LogP contribution in [0.5, 0.6) is 0 Å². The summed E-state index contributed by atoms with van der Waals surface area (Å²) in [5, 5.41) is 15.3. The van der Waals surface area contributed by atoms with Crippen LogP contribution in [0.3, 0.4) is 0 Å². The van der Waals surface area contributed by atoms with E-state index in [2.05, 4.69) is 25.4 Å². The zero-order valence-electron chi connectivity index (χ0n) is 25.1. The fourth-order valence-corrected chi connectivity index (χ4v) is 7.14. The number of pyridine rings is 1. The fraction of sp³-hybridized carbons (Fsp3) is 0.562. The average molecular weight is 646 g/mol. The van der Waals surface area contributed by atoms with Crippen LogP contribution in [0.2, 0.25) is 0 Å². The number of amides is 2. The van der Waals surface area contributed by atoms with Gasteiger partial charge in [-0.15, -0.1) is 12.4 Å². The third kappa shape index (κ3) is 7.15. The highest BCUT2D eigenvalue weighted by Crippen LogP contribution is 2.42. The molecular formula is C32H39ClF3N7O2. The SMILES string of the molecule is Cl.N#Cc1ccc(N2CCC(C(=O)Nc3ccc(N4CCC5(CC4)CN(C(=O)C4CCNCC4)C5)cn3)CC2)cc1C(F)(F)F. The number of alkyl halides is 3. The maximum absolute atomic E-state index is 13.4. The molecule has 242 valence electrons. The fourth-order valence-electron chi connectivity index (χ4n) is 7.14. The number of nitriles is 1. The minimum absolute atomic E-state index is 0. The molecule has 5 heterocycles. The van der Waals surface area contributed by atoms with Gasteiger partial charge in [0, 0.05) is 62.2 Å². The molecule has 4 aliphatic heterocycles. The van der Waals surface area contributed by atoms with Crippen molar-refractivity contribution < 1.29 is 22.8 Å². The lowest BCUT2D eigenvalue weighted by atomic mass is 9.71. The van der Waals surface area contributed by atoms with Gasteiger partial charge < -0.3 is 25.3 Å². The second-order valence-electron chi connectivity index (χ2n) is 12.7. The molecule has 13 heteroatoms. The van der Waals surface area contributed by atoms with E-state index in [0.29, 0.717) is 43.3 Å². The Kier molecular flexibility index (Phi) is 9.80. The van der Waals surface area contributed by atoms with Gasteiger partial charge in [-0.25, -0.2) is 4.98 Å². The van der Waals surface area contributed by atoms with Crippen molar-refractivity contribution in [1.29, 1.82) is 5.26 Å². The van der Waals surface area contributed by atoms with Crippen molar-refractivity contribution in [3.05, 3.63) is 47.7 Å². The predicted molar refractivity (Wildman–Crippen MR) is 167 cm³/mol. The summed E-state index contributed by atoms with van der Waals surface area (Å²) in [7, 11) is 0. The van der Waals surface area contributed by atoms with Crippen LogP contribution in [-0.4, -0.2) is 74.1 Å². The molecule has 0 bridgehead atoms. The first-order chi connectivity index (χ1) is 21.1. The molecule has 2 aromatic rings. The number of benzene rings is 1. The number of rotatable bonds is 5. The Labute approximate surface area is 267 Å². The lowest BCUT2D eigenvalue weighted by Gasteiger charge is -2.55. The molecule has 0 saturated carbocycles. The van der Waals surface area contributed by atoms with E-state index < -0.39 is 17.3 Å². The van der Waals surface area contributed by atoms with Gasteiger partial charge in [0.2, 0.25) is 11.8 Å². The van der Waals surface area contributed by atoms with Crippen molar-refractivity contribution >= 4 is 41.4 Å². The first-order valence-corrected chi connectivity index (χ1v) is 15.5. The average Bonchev–Trinajstić information content (AvgIpc) is 3.03. The summed E-state index contributed by atoms with van der Waals surface area (Å²) in [4.78, 5) is 36.5. The van der Waals surface area contributed by atoms with Crippen molar-refractivity contribution in [2.24, 2.45) is 17.3 Å². The van der Waals surface area contributed by atoms with E-state index in [-0.39, 0.29) is 35.6 Å². The number of aromatic nitrogens is 1. The highest BCUT2D eigenvalue weighted by atomic mass is 35.5. The number of nitrogens with one attached hydrogen (secondary N) is 2. The number of nitrogens with zero attached hydrogens (tertiary/aromatic N) is 5. The summed E-state index contributed by atoms with van der Waals surface area (Å²) in [5.74, 6) is 0.570. The molecule has 0 atom stereocenters. The third-order valence-electron chi connectivity index (χ3n) is 9.90. The molecule has 2 N–H and O–H groups in total. The number of likely N-dealkylation sites (tertiary alicyclic amines) is 1. The molecule has 4 aliphatic rings. The van der Waals surface area contributed by atoms with Crippen molar-refractivity contribution in [3.63, 3.8) is 0 Å². The highest BCUT2D eigenvalue weighted by Gasteiger charge is 2.47. The summed E-state index contributed by atoms with van der Waals surface area (Å²) < 4.78 is 40.1. The molecule has 1 spiro atoms. The molecule has 4 saturated heterocycles. The Morgan fingerprint density at radius 1 is 0.933 bits per heavy atom. The first-order valence-electron chi connectivity index (χ1n) is 15.5. The van der Waals surface area contributed by atoms with E-state index in [0.717, 1.165) is 76.7 Å². The van der Waals surface area contributed by atoms with Crippen LogP contribution in [0.1, 0.15) is 49.7 Å². The summed E-state index contributed by atoms with van der Waals surface area (Å²) >= 11 is 0. The van der Waals surface area contributed by atoms with Gasteiger partial charge in [0.15, 0.2) is 0 Å². The molecular weight excluding hydrogens is 607 g/mol. The number of halogens is 4. The second-order valence-corrected chi connectivity index (χ2v) is 12.7. The summed E-state index contributed by atoms with van der Waals surface area (Å²) in [6.07, 6.45) is 2.14. The minimum Gasteiger partial charge on any atom is -0.371 e. The number of hydrogen-bond acceptors (Lipinski definition) is 7. The Hall–Kier alpha value is -3.56. The van der Waals surface area contributed by atoms with Gasteiger partial charge in [0.1, 0.15) is 5.82 Å². The quantitative estimate of drug-likeness (QED) is 0.487. The minimum atomic E-state index is -4.61. The number of anilines is 3. The van der Waals surface area contributed by atoms with Gasteiger partial charge in [-0.1, -0.05) is 0 Å². The molecule has 1 aromatic carbocycles. The summed E-state index contributed by atoms with van der Waals surface area (Å²) in [6.45, 7) is 6.29. The molecule has 2 amide bonds. The Bertz CT molecular complexity index is 1400. The summed E-state index contributed by atoms with van der Waals surface area (Å²) in [5.41, 5.74) is 0.302. The largest absolute Gasteiger partial charge is 0.417 e. The maximum Gasteiger partial charge on any atom is 0.417 e. The molecule has 9 nitrogen and oxygen atoms in total. The standard InChI is InChI=1S/C32H38F3N7O2.ClH/c33-32(34,35)27-17-25(2-1-24(27)18-36)40-13-7-22(8-14-40)29(43)39-28-4-3-26(19-38-28)41-15-9-31(10-16-41)20-42(21-31)30(44)23-5-11-37-12-6-23;/h1-4,17,19,22-23,37H,5-16,20-21H2,(H,38,39,43);1H. The highest BCUT2D eigenvalue weighted by molar-refractivity contribution is 5.92. The predicted octanol–water partition coefficient (Wildman–Crippen LogP) is 4.68. The van der Waals surface area contributed by atoms with Crippen LogP contribution in [0.25, 0.3) is 0 Å². The first kappa shape index (κ1) is 32.8. The van der Waals surface area contributed by atoms with Gasteiger partial charge in [-0.2, -0.15) is 18.4 Å². The van der Waals surface area contributed by atoms with E-state index in [1.807, 2.05) is 17.0 Å². The van der Waals surface area contributed by atoms with Crippen LogP contribution < -0.4 is 20.4 Å². The Morgan fingerprint density at radius 2 is 1.58 bits per heavy atom. The van der Waals surface area contributed by atoms with Gasteiger partial charge in [0.25, 0.3) is 0 Å². The van der Waals surface area contributed by atoms with Crippen LogP contribution in [0.15, 0.2) is 36.5 Å². The smallest absolute Gasteiger partial charge is 0.371 e. The topological polar surface area (TPSA) is 105 Å². The molecule has 0 aliphatic carbocycles. The zero-order valence-corrected chi connectivity index (χ0v) is 25.9. The van der Waals surface area contributed by atoms with Gasteiger partial charge >= 0.3 is 6.18 Å². The van der Waals surface area contributed by atoms with Gasteiger partial charge in [-0.05, 0) is 81.9 Å². The molecule has 4 fully saturated rings. The Morgan fingerprint density at radius 3 is 2.18 bits per heavy atom. The molecule has 6 rings (SSSR count). The lowest BCUT2D eigenvalue weighted by Crippen LogP contribution is -2.63. The van der Waals surface area contributed by atoms with E-state index >= 15 is 0 Å². The number of carbonyl (C=O) groups excluding carboxylic acids is 2. The number of carbonyl (C=O) groups is 2. The number of hydrogen-bond donors (Lipinski definition) is 2. The van der Waals surface area contributed by atoms with E-state index in [1.165, 1.54) is 12.1 Å². The van der Waals surface area contributed by atoms with Gasteiger partial charge in [-0.3, -0.25) is 9.59 Å². The molecule has 0 radical (unpaired) electrons. The van der Waals surface area contributed by atoms with Crippen LogP contribution in [-0.2, 0) is 15.8 Å².